The first-order valence-corrected chi connectivity index (χ1v) is 9.53. The third-order valence-electron chi connectivity index (χ3n) is 4.44. The summed E-state index contributed by atoms with van der Waals surface area (Å²) in [6, 6.07) is 20.7. The topological polar surface area (TPSA) is 90.6 Å². The second-order valence-electron chi connectivity index (χ2n) is 6.56. The summed E-state index contributed by atoms with van der Waals surface area (Å²) in [5.74, 6) is 1.72. The van der Waals surface area contributed by atoms with Gasteiger partial charge in [0.25, 0.3) is 0 Å². The molecule has 0 aliphatic carbocycles. The molecule has 0 unspecified atom stereocenters. The molecule has 0 saturated heterocycles. The molecule has 4 rings (SSSR count). The maximum absolute atomic E-state index is 12.1. The normalized spacial score (nSPS) is 10.7. The first-order chi connectivity index (χ1) is 14.7. The number of nitrogens with zero attached hydrogens (tertiary/aromatic N) is 4. The van der Waals surface area contributed by atoms with Crippen LogP contribution in [0.25, 0.3) is 17.0 Å². The van der Waals surface area contributed by atoms with E-state index in [-0.39, 0.29) is 12.3 Å². The van der Waals surface area contributed by atoms with E-state index >= 15 is 0 Å². The van der Waals surface area contributed by atoms with Crippen molar-refractivity contribution in [2.75, 3.05) is 20.3 Å². The number of aromatic nitrogens is 4. The van der Waals surface area contributed by atoms with Gasteiger partial charge >= 0.3 is 0 Å². The molecule has 0 atom stereocenters. The van der Waals surface area contributed by atoms with E-state index in [1.165, 1.54) is 0 Å². The first kappa shape index (κ1) is 19.4. The van der Waals surface area contributed by atoms with Gasteiger partial charge in [0.15, 0.2) is 11.5 Å². The van der Waals surface area contributed by atoms with Crippen LogP contribution in [0.5, 0.6) is 11.6 Å². The van der Waals surface area contributed by atoms with Crippen LogP contribution in [0.4, 0.5) is 0 Å². The lowest BCUT2D eigenvalue weighted by Gasteiger charge is -2.08. The fraction of sp³-hybridized carbons (Fsp3) is 0.182. The van der Waals surface area contributed by atoms with E-state index in [1.807, 2.05) is 54.6 Å². The summed E-state index contributed by atoms with van der Waals surface area (Å²) in [5.41, 5.74) is 2.44. The van der Waals surface area contributed by atoms with Gasteiger partial charge in [-0.15, -0.1) is 15.3 Å². The average molecular weight is 403 g/mol. The van der Waals surface area contributed by atoms with Crippen LogP contribution in [0.1, 0.15) is 5.56 Å². The fourth-order valence-electron chi connectivity index (χ4n) is 2.99. The molecule has 8 heteroatoms. The lowest BCUT2D eigenvalue weighted by Crippen LogP contribution is -2.29. The van der Waals surface area contributed by atoms with Crippen molar-refractivity contribution >= 4 is 11.6 Å². The molecular weight excluding hydrogens is 382 g/mol. The predicted octanol–water partition coefficient (Wildman–Crippen LogP) is 2.54. The second kappa shape index (κ2) is 9.04. The zero-order valence-corrected chi connectivity index (χ0v) is 16.5. The molecule has 0 spiro atoms. The molecule has 8 nitrogen and oxygen atoms in total. The highest BCUT2D eigenvalue weighted by molar-refractivity contribution is 5.78. The molecule has 1 amide bonds. The molecule has 152 valence electrons. The number of carbonyl (C=O) groups excluding carboxylic acids is 1. The third kappa shape index (κ3) is 4.54. The van der Waals surface area contributed by atoms with Crippen LogP contribution < -0.4 is 14.8 Å². The molecular formula is C22H21N5O3. The largest absolute Gasteiger partial charge is 0.497 e. The highest BCUT2D eigenvalue weighted by atomic mass is 16.5. The summed E-state index contributed by atoms with van der Waals surface area (Å²) >= 11 is 0. The van der Waals surface area contributed by atoms with Crippen molar-refractivity contribution in [3.05, 3.63) is 72.3 Å². The summed E-state index contributed by atoms with van der Waals surface area (Å²) in [7, 11) is 1.60. The molecule has 4 aromatic rings. The van der Waals surface area contributed by atoms with Crippen LogP contribution in [0.2, 0.25) is 0 Å². The molecule has 2 heterocycles. The van der Waals surface area contributed by atoms with Crippen molar-refractivity contribution in [3.63, 3.8) is 0 Å². The van der Waals surface area contributed by atoms with Crippen LogP contribution in [-0.4, -0.2) is 46.0 Å². The van der Waals surface area contributed by atoms with E-state index in [0.717, 1.165) is 16.9 Å². The lowest BCUT2D eigenvalue weighted by molar-refractivity contribution is -0.120. The maximum Gasteiger partial charge on any atom is 0.231 e. The molecule has 0 aliphatic heterocycles. The van der Waals surface area contributed by atoms with E-state index in [0.29, 0.717) is 30.5 Å². The summed E-state index contributed by atoms with van der Waals surface area (Å²) in [6.45, 7) is 0.668. The number of amides is 1. The quantitative estimate of drug-likeness (QED) is 0.455. The summed E-state index contributed by atoms with van der Waals surface area (Å²) in [6.07, 6.45) is 0.280. The molecule has 0 aliphatic rings. The van der Waals surface area contributed by atoms with E-state index in [1.54, 1.807) is 23.8 Å². The standard InChI is InChI=1S/C22H21N5O3/c1-29-18-9-5-6-16(14-18)15-20(28)23-12-13-30-21-11-10-19-24-25-22(27(19)26-21)17-7-3-2-4-8-17/h2-11,14H,12-13,15H2,1H3,(H,23,28). The zero-order valence-electron chi connectivity index (χ0n) is 16.5. The average Bonchev–Trinajstić information content (AvgIpc) is 3.21. The second-order valence-corrected chi connectivity index (χ2v) is 6.56. The molecule has 0 bridgehead atoms. The van der Waals surface area contributed by atoms with Gasteiger partial charge in [0.1, 0.15) is 12.4 Å². The van der Waals surface area contributed by atoms with Crippen molar-refractivity contribution in [3.8, 4) is 23.0 Å². The Morgan fingerprint density at radius 3 is 2.73 bits per heavy atom. The molecule has 0 radical (unpaired) electrons. The number of rotatable bonds is 8. The van der Waals surface area contributed by atoms with Crippen LogP contribution in [0, 0.1) is 0 Å². The predicted molar refractivity (Wildman–Crippen MR) is 111 cm³/mol. The Labute approximate surface area is 173 Å². The Bertz CT molecular complexity index is 1140. The number of nitrogens with one attached hydrogen (secondary N) is 1. The van der Waals surface area contributed by atoms with Crippen molar-refractivity contribution in [1.29, 1.82) is 0 Å². The van der Waals surface area contributed by atoms with Gasteiger partial charge in [-0.25, -0.2) is 0 Å². The molecule has 0 fully saturated rings. The minimum atomic E-state index is -0.0829. The van der Waals surface area contributed by atoms with Crippen LogP contribution in [-0.2, 0) is 11.2 Å². The van der Waals surface area contributed by atoms with Gasteiger partial charge in [0.2, 0.25) is 11.8 Å². The first-order valence-electron chi connectivity index (χ1n) is 9.53. The van der Waals surface area contributed by atoms with Crippen LogP contribution in [0.3, 0.4) is 0 Å². The van der Waals surface area contributed by atoms with Gasteiger partial charge in [-0.05, 0) is 23.8 Å². The summed E-state index contributed by atoms with van der Waals surface area (Å²) < 4.78 is 12.5. The Morgan fingerprint density at radius 2 is 1.90 bits per heavy atom. The Hall–Kier alpha value is -3.94. The number of benzene rings is 2. The highest BCUT2D eigenvalue weighted by Crippen LogP contribution is 2.18. The van der Waals surface area contributed by atoms with Gasteiger partial charge in [0, 0.05) is 11.6 Å². The van der Waals surface area contributed by atoms with Crippen LogP contribution >= 0.6 is 0 Å². The van der Waals surface area contributed by atoms with Crippen molar-refractivity contribution in [1.82, 2.24) is 25.1 Å². The smallest absolute Gasteiger partial charge is 0.231 e. The number of methoxy groups -OCH3 is 1. The molecule has 1 N–H and O–H groups in total. The van der Waals surface area contributed by atoms with E-state index in [2.05, 4.69) is 20.6 Å². The van der Waals surface area contributed by atoms with Crippen molar-refractivity contribution in [2.24, 2.45) is 0 Å². The third-order valence-corrected chi connectivity index (χ3v) is 4.44. The van der Waals surface area contributed by atoms with Gasteiger partial charge in [-0.2, -0.15) is 4.52 Å². The Balaban J connectivity index is 1.32. The number of fused-ring (bicyclic) bond motifs is 1. The highest BCUT2D eigenvalue weighted by Gasteiger charge is 2.10. The van der Waals surface area contributed by atoms with E-state index in [4.69, 9.17) is 9.47 Å². The van der Waals surface area contributed by atoms with Crippen molar-refractivity contribution < 1.29 is 14.3 Å². The number of hydrogen-bond donors (Lipinski definition) is 1. The summed E-state index contributed by atoms with van der Waals surface area (Å²) in [4.78, 5) is 12.1. The minimum Gasteiger partial charge on any atom is -0.497 e. The number of hydrogen-bond acceptors (Lipinski definition) is 6. The number of ether oxygens (including phenoxy) is 2. The molecule has 0 saturated carbocycles. The Kier molecular flexibility index (Phi) is 5.84. The molecule has 30 heavy (non-hydrogen) atoms. The van der Waals surface area contributed by atoms with Crippen LogP contribution in [0.15, 0.2) is 66.7 Å². The van der Waals surface area contributed by atoms with E-state index < -0.39 is 0 Å². The van der Waals surface area contributed by atoms with E-state index in [9.17, 15) is 4.79 Å². The maximum atomic E-state index is 12.1. The number of carbonyl (C=O) groups is 1. The molecule has 2 aromatic carbocycles. The fourth-order valence-corrected chi connectivity index (χ4v) is 2.99. The van der Waals surface area contributed by atoms with Gasteiger partial charge in [-0.3, -0.25) is 4.79 Å². The van der Waals surface area contributed by atoms with Gasteiger partial charge < -0.3 is 14.8 Å². The zero-order chi connectivity index (χ0) is 20.8. The van der Waals surface area contributed by atoms with Gasteiger partial charge in [-0.1, -0.05) is 42.5 Å². The summed E-state index contributed by atoms with van der Waals surface area (Å²) in [5, 5.41) is 15.6. The van der Waals surface area contributed by atoms with Crippen molar-refractivity contribution in [2.45, 2.75) is 6.42 Å². The monoisotopic (exact) mass is 403 g/mol. The molecule has 2 aromatic heterocycles. The van der Waals surface area contributed by atoms with Gasteiger partial charge in [0.05, 0.1) is 20.1 Å². The minimum absolute atomic E-state index is 0.0829. The SMILES string of the molecule is COc1cccc(CC(=O)NCCOc2ccc3nnc(-c4ccccc4)n3n2)c1. The lowest BCUT2D eigenvalue weighted by atomic mass is 10.1. The Morgan fingerprint density at radius 1 is 1.03 bits per heavy atom.